The van der Waals surface area contributed by atoms with Crippen LogP contribution in [0.2, 0.25) is 0 Å². The highest BCUT2D eigenvalue weighted by Gasteiger charge is 2.41. The van der Waals surface area contributed by atoms with Crippen LogP contribution in [0.1, 0.15) is 13.8 Å². The maximum atomic E-state index is 14.1. The van der Waals surface area contributed by atoms with E-state index in [0.717, 1.165) is 6.07 Å². The minimum Gasteiger partial charge on any atom is -0.352 e. The molecule has 1 aromatic carbocycles. The number of sulfonamides is 1. The van der Waals surface area contributed by atoms with E-state index in [-0.39, 0.29) is 16.3 Å². The molecule has 2 aliphatic heterocycles. The number of anilines is 1. The first kappa shape index (κ1) is 21.9. The van der Waals surface area contributed by atoms with Gasteiger partial charge in [-0.3, -0.25) is 15.4 Å². The summed E-state index contributed by atoms with van der Waals surface area (Å²) in [5.74, 6) is -3.95. The van der Waals surface area contributed by atoms with Gasteiger partial charge in [0.2, 0.25) is 5.91 Å². The number of nitriles is 1. The summed E-state index contributed by atoms with van der Waals surface area (Å²) in [7, 11) is -4.78. The monoisotopic (exact) mass is 442 g/mol. The molecule has 0 aromatic heterocycles. The average Bonchev–Trinajstić information content (AvgIpc) is 2.67. The van der Waals surface area contributed by atoms with Crippen molar-refractivity contribution in [2.75, 3.05) is 18.4 Å². The topological polar surface area (TPSA) is 143 Å². The zero-order valence-electron chi connectivity index (χ0n) is 16.1. The lowest BCUT2D eigenvalue weighted by atomic mass is 9.91. The van der Waals surface area contributed by atoms with Crippen molar-refractivity contribution >= 4 is 27.6 Å². The molecule has 10 nitrogen and oxygen atoms in total. The maximum absolute atomic E-state index is 14.1. The first-order valence-electron chi connectivity index (χ1n) is 9.06. The van der Waals surface area contributed by atoms with Crippen LogP contribution in [0.15, 0.2) is 17.0 Å². The number of hydrogen-bond acceptors (Lipinski definition) is 7. The average molecular weight is 442 g/mol. The van der Waals surface area contributed by atoms with Crippen LogP contribution in [-0.2, 0) is 14.8 Å². The number of nitrogens with zero attached hydrogens (tertiary/aromatic N) is 2. The highest BCUT2D eigenvalue weighted by Crippen LogP contribution is 2.33. The van der Waals surface area contributed by atoms with E-state index < -0.39 is 62.9 Å². The summed E-state index contributed by atoms with van der Waals surface area (Å²) in [5.41, 5.74) is -0.399. The van der Waals surface area contributed by atoms with Crippen molar-refractivity contribution in [2.24, 2.45) is 5.92 Å². The molecule has 0 spiro atoms. The lowest BCUT2D eigenvalue weighted by Gasteiger charge is -2.37. The van der Waals surface area contributed by atoms with Crippen LogP contribution in [0, 0.1) is 28.9 Å². The van der Waals surface area contributed by atoms with E-state index in [4.69, 9.17) is 5.26 Å². The van der Waals surface area contributed by atoms with E-state index in [2.05, 4.69) is 21.3 Å². The second-order valence-corrected chi connectivity index (χ2v) is 8.92. The molecule has 4 atom stereocenters. The van der Waals surface area contributed by atoms with Crippen LogP contribution >= 0.6 is 0 Å². The van der Waals surface area contributed by atoms with E-state index in [1.54, 1.807) is 6.92 Å². The van der Waals surface area contributed by atoms with Crippen molar-refractivity contribution in [1.82, 2.24) is 20.3 Å². The third kappa shape index (κ3) is 3.93. The van der Waals surface area contributed by atoms with Crippen LogP contribution in [0.5, 0.6) is 0 Å². The van der Waals surface area contributed by atoms with Crippen LogP contribution in [0.4, 0.5) is 19.3 Å². The molecule has 3 amide bonds. The lowest BCUT2D eigenvalue weighted by molar-refractivity contribution is -0.122. The number of carbonyl (C=O) groups is 2. The van der Waals surface area contributed by atoms with Crippen LogP contribution in [0.3, 0.4) is 0 Å². The molecule has 162 valence electrons. The van der Waals surface area contributed by atoms with E-state index in [1.165, 1.54) is 0 Å². The Morgan fingerprint density at radius 1 is 1.43 bits per heavy atom. The molecule has 3 unspecified atom stereocenters. The Labute approximate surface area is 171 Å². The summed E-state index contributed by atoms with van der Waals surface area (Å²) in [6, 6.07) is 1.94. The fraction of sp³-hybridized carbons (Fsp3) is 0.471. The van der Waals surface area contributed by atoms with Gasteiger partial charge in [-0.2, -0.15) is 5.26 Å². The number of amides is 3. The predicted octanol–water partition coefficient (Wildman–Crippen LogP) is 0.0529. The molecular formula is C17H20F2N6O4S. The first-order valence-corrected chi connectivity index (χ1v) is 10.5. The van der Waals surface area contributed by atoms with Crippen LogP contribution in [-0.4, -0.2) is 56.0 Å². The molecule has 13 heteroatoms. The molecule has 3 rings (SSSR count). The second-order valence-electron chi connectivity index (χ2n) is 7.13. The molecule has 0 radical (unpaired) electrons. The van der Waals surface area contributed by atoms with Crippen molar-refractivity contribution in [1.29, 1.82) is 5.26 Å². The summed E-state index contributed by atoms with van der Waals surface area (Å²) in [6.07, 6.45) is -0.517. The molecule has 0 bridgehead atoms. The number of hydrogen-bond donors (Lipinski definition) is 4. The standard InChI is InChI=1S/C17H20F2N6O4S/c1-8-10(6-21-13(5-20)22-8)9(2)23-14(26)7-25-17(27)24-12-4-3-11(18)15(19)16(12)30(25,28)29/h3-4,8-10,13,21-22H,6-7H2,1-2H3,(H,23,26)(H,24,27)/t8?,9-,10?,13?/m0/s1. The fourth-order valence-electron chi connectivity index (χ4n) is 3.54. The van der Waals surface area contributed by atoms with Crippen molar-refractivity contribution in [3.05, 3.63) is 23.8 Å². The highest BCUT2D eigenvalue weighted by atomic mass is 32.2. The van der Waals surface area contributed by atoms with Gasteiger partial charge < -0.3 is 10.6 Å². The Morgan fingerprint density at radius 2 is 2.13 bits per heavy atom. The van der Waals surface area contributed by atoms with E-state index >= 15 is 0 Å². The van der Waals surface area contributed by atoms with Crippen LogP contribution in [0.25, 0.3) is 0 Å². The SMILES string of the molecule is CC1NC(C#N)NCC1[C@H](C)NC(=O)CN1C(=O)Nc2ccc(F)c(F)c2S1(=O)=O. The zero-order valence-corrected chi connectivity index (χ0v) is 16.9. The second kappa shape index (κ2) is 8.13. The Kier molecular flexibility index (Phi) is 5.93. The number of fused-ring (bicyclic) bond motifs is 1. The molecule has 0 aliphatic carbocycles. The van der Waals surface area contributed by atoms with Crippen molar-refractivity contribution in [2.45, 2.75) is 37.0 Å². The molecule has 1 fully saturated rings. The van der Waals surface area contributed by atoms with Gasteiger partial charge in [-0.1, -0.05) is 0 Å². The Morgan fingerprint density at radius 3 is 2.77 bits per heavy atom. The quantitative estimate of drug-likeness (QED) is 0.516. The van der Waals surface area contributed by atoms with Gasteiger partial charge in [0.25, 0.3) is 10.0 Å². The zero-order chi connectivity index (χ0) is 22.2. The van der Waals surface area contributed by atoms with Gasteiger partial charge >= 0.3 is 6.03 Å². The Bertz CT molecular complexity index is 1030. The highest BCUT2D eigenvalue weighted by molar-refractivity contribution is 7.90. The molecule has 2 aliphatic rings. The lowest BCUT2D eigenvalue weighted by Crippen LogP contribution is -2.61. The van der Waals surface area contributed by atoms with Crippen molar-refractivity contribution in [3.63, 3.8) is 0 Å². The van der Waals surface area contributed by atoms with Crippen LogP contribution < -0.4 is 21.3 Å². The largest absolute Gasteiger partial charge is 0.352 e. The Balaban J connectivity index is 1.73. The summed E-state index contributed by atoms with van der Waals surface area (Å²) >= 11 is 0. The molecule has 1 saturated heterocycles. The van der Waals surface area contributed by atoms with Gasteiger partial charge in [0.1, 0.15) is 17.6 Å². The van der Waals surface area contributed by atoms with Gasteiger partial charge in [-0.25, -0.2) is 26.3 Å². The van der Waals surface area contributed by atoms with E-state index in [9.17, 15) is 26.8 Å². The number of nitrogens with one attached hydrogen (secondary N) is 4. The van der Waals surface area contributed by atoms with Crippen molar-refractivity contribution in [3.8, 4) is 6.07 Å². The van der Waals surface area contributed by atoms with E-state index in [0.29, 0.717) is 12.6 Å². The molecule has 2 heterocycles. The van der Waals surface area contributed by atoms with Gasteiger partial charge in [0, 0.05) is 24.5 Å². The maximum Gasteiger partial charge on any atom is 0.336 e. The number of benzene rings is 1. The third-order valence-corrected chi connectivity index (χ3v) is 6.93. The molecular weight excluding hydrogens is 422 g/mol. The summed E-state index contributed by atoms with van der Waals surface area (Å²) < 4.78 is 53.1. The van der Waals surface area contributed by atoms with Gasteiger partial charge in [-0.15, -0.1) is 0 Å². The minimum atomic E-state index is -4.78. The van der Waals surface area contributed by atoms with Gasteiger partial charge in [-0.05, 0) is 26.0 Å². The molecule has 4 N–H and O–H groups in total. The fourth-order valence-corrected chi connectivity index (χ4v) is 5.03. The minimum absolute atomic E-state index is 0.127. The number of urea groups is 1. The molecule has 1 aromatic rings. The number of halogens is 2. The summed E-state index contributed by atoms with van der Waals surface area (Å²) in [6.45, 7) is 3.06. The molecule has 30 heavy (non-hydrogen) atoms. The normalized spacial score (nSPS) is 26.2. The number of carbonyl (C=O) groups excluding carboxylic acids is 2. The third-order valence-electron chi connectivity index (χ3n) is 5.14. The first-order chi connectivity index (χ1) is 14.1. The summed E-state index contributed by atoms with van der Waals surface area (Å²) in [4.78, 5) is 23.6. The smallest absolute Gasteiger partial charge is 0.336 e. The number of rotatable bonds is 4. The van der Waals surface area contributed by atoms with Gasteiger partial charge in [0.05, 0.1) is 11.8 Å². The van der Waals surface area contributed by atoms with Gasteiger partial charge in [0.15, 0.2) is 11.6 Å². The molecule has 0 saturated carbocycles. The predicted molar refractivity (Wildman–Crippen MR) is 100 cm³/mol. The van der Waals surface area contributed by atoms with E-state index in [1.807, 2.05) is 13.0 Å². The van der Waals surface area contributed by atoms with Crippen molar-refractivity contribution < 1.29 is 26.8 Å². The Hall–Kier alpha value is -2.82. The summed E-state index contributed by atoms with van der Waals surface area (Å²) in [5, 5.41) is 19.7.